The Hall–Kier alpha value is 0.320. The first kappa shape index (κ1) is 16.7. The van der Waals surface area contributed by atoms with E-state index in [9.17, 15) is 8.76 Å². The van der Waals surface area contributed by atoms with Crippen molar-refractivity contribution in [1.82, 2.24) is 4.31 Å². The number of hydrogen-bond acceptors (Lipinski definition) is 3. The second kappa shape index (κ2) is 12.0. The standard InChI is InChI=1S/C2H7NO2S.C2H7N.ClH/c1-3(2)6(4)5;1-2-3;/h1-2H3,(H,4,5);2-3H2,1H3;1H/p-1. The Morgan fingerprint density at radius 1 is 1.60 bits per heavy atom. The monoisotopic (exact) mass is 189 g/mol. The zero-order valence-electron chi connectivity index (χ0n) is 6.36. The molecule has 1 atom stereocenters. The van der Waals surface area contributed by atoms with Crippen LogP contribution in [0.1, 0.15) is 6.92 Å². The minimum absolute atomic E-state index is 0. The SMILES string of the molecule is CCN.CN(C)S(=O)[O-].Cl. The van der Waals surface area contributed by atoms with Crippen LogP contribution in [0.4, 0.5) is 0 Å². The molecule has 6 heteroatoms. The van der Waals surface area contributed by atoms with Gasteiger partial charge in [-0.1, -0.05) is 6.92 Å². The maximum atomic E-state index is 9.62. The molecule has 0 aromatic rings. The zero-order valence-corrected chi connectivity index (χ0v) is 8.00. The van der Waals surface area contributed by atoms with E-state index in [1.54, 1.807) is 0 Å². The van der Waals surface area contributed by atoms with Crippen molar-refractivity contribution in [3.63, 3.8) is 0 Å². The number of hydrogen-bond donors (Lipinski definition) is 1. The van der Waals surface area contributed by atoms with Gasteiger partial charge in [0.15, 0.2) is 0 Å². The van der Waals surface area contributed by atoms with Gasteiger partial charge < -0.3 is 10.3 Å². The van der Waals surface area contributed by atoms with E-state index in [0.717, 1.165) is 10.8 Å². The molecule has 0 fully saturated rings. The van der Waals surface area contributed by atoms with Gasteiger partial charge in [-0.3, -0.25) is 4.21 Å². The summed E-state index contributed by atoms with van der Waals surface area (Å²) in [7, 11) is 2.92. The molecular formula is C4H14ClN2O2S-. The normalized spacial score (nSPS) is 11.0. The van der Waals surface area contributed by atoms with Crippen LogP contribution in [0.5, 0.6) is 0 Å². The van der Waals surface area contributed by atoms with Crippen molar-refractivity contribution < 1.29 is 8.76 Å². The van der Waals surface area contributed by atoms with Crippen molar-refractivity contribution in [2.75, 3.05) is 20.6 Å². The van der Waals surface area contributed by atoms with Crippen molar-refractivity contribution in [3.05, 3.63) is 0 Å². The predicted octanol–water partition coefficient (Wildman–Crippen LogP) is -0.271. The Balaban J connectivity index is -0.000000107. The van der Waals surface area contributed by atoms with E-state index in [2.05, 4.69) is 0 Å². The number of nitrogens with zero attached hydrogens (tertiary/aromatic N) is 1. The fourth-order valence-corrected chi connectivity index (χ4v) is 0. The van der Waals surface area contributed by atoms with Gasteiger partial charge in [-0.25, -0.2) is 4.31 Å². The van der Waals surface area contributed by atoms with Crippen molar-refractivity contribution in [2.45, 2.75) is 6.92 Å². The van der Waals surface area contributed by atoms with Crippen molar-refractivity contribution in [3.8, 4) is 0 Å². The minimum atomic E-state index is -2.03. The Morgan fingerprint density at radius 3 is 1.70 bits per heavy atom. The number of halogens is 1. The topological polar surface area (TPSA) is 69.4 Å². The second-order valence-corrected chi connectivity index (χ2v) is 2.60. The van der Waals surface area contributed by atoms with Gasteiger partial charge in [-0.05, 0) is 20.6 Å². The molecule has 0 aliphatic carbocycles. The second-order valence-electron chi connectivity index (χ2n) is 1.44. The quantitative estimate of drug-likeness (QED) is 0.578. The maximum absolute atomic E-state index is 9.62. The van der Waals surface area contributed by atoms with Gasteiger partial charge in [-0.2, -0.15) is 0 Å². The molecular weight excluding hydrogens is 176 g/mol. The first-order valence-corrected chi connectivity index (χ1v) is 3.56. The average Bonchev–Trinajstić information content (AvgIpc) is 1.68. The molecule has 0 spiro atoms. The summed E-state index contributed by atoms with van der Waals surface area (Å²) < 4.78 is 20.3. The number of rotatable bonds is 1. The van der Waals surface area contributed by atoms with Crippen LogP contribution in [0, 0.1) is 0 Å². The summed E-state index contributed by atoms with van der Waals surface area (Å²) in [4.78, 5) is 0. The minimum Gasteiger partial charge on any atom is -0.760 e. The van der Waals surface area contributed by atoms with E-state index in [-0.39, 0.29) is 12.4 Å². The van der Waals surface area contributed by atoms with Gasteiger partial charge in [0.2, 0.25) is 0 Å². The molecule has 0 bridgehead atoms. The lowest BCUT2D eigenvalue weighted by Gasteiger charge is -2.10. The third-order valence-corrected chi connectivity index (χ3v) is 0.894. The molecule has 0 aliphatic rings. The van der Waals surface area contributed by atoms with E-state index in [0.29, 0.717) is 0 Å². The largest absolute Gasteiger partial charge is 0.760 e. The smallest absolute Gasteiger partial charge is 0.0203 e. The predicted molar refractivity (Wildman–Crippen MR) is 44.6 cm³/mol. The van der Waals surface area contributed by atoms with E-state index in [4.69, 9.17) is 5.73 Å². The van der Waals surface area contributed by atoms with Gasteiger partial charge in [0.1, 0.15) is 0 Å². The van der Waals surface area contributed by atoms with Crippen LogP contribution in [0.15, 0.2) is 0 Å². The lowest BCUT2D eigenvalue weighted by molar-refractivity contribution is 0.470. The lowest BCUT2D eigenvalue weighted by atomic mass is 10.8. The maximum Gasteiger partial charge on any atom is 0.0203 e. The first-order valence-electron chi connectivity index (χ1n) is 2.53. The average molecular weight is 190 g/mol. The van der Waals surface area contributed by atoms with E-state index < -0.39 is 11.3 Å². The Morgan fingerprint density at radius 2 is 1.70 bits per heavy atom. The molecule has 4 nitrogen and oxygen atoms in total. The summed E-state index contributed by atoms with van der Waals surface area (Å²) in [5.41, 5.74) is 4.85. The molecule has 2 N–H and O–H groups in total. The molecule has 10 heavy (non-hydrogen) atoms. The van der Waals surface area contributed by atoms with Crippen LogP contribution < -0.4 is 5.73 Å². The molecule has 0 aliphatic heterocycles. The van der Waals surface area contributed by atoms with E-state index in [1.165, 1.54) is 14.1 Å². The highest BCUT2D eigenvalue weighted by molar-refractivity contribution is 7.76. The fourth-order valence-electron chi connectivity index (χ4n) is 0. The molecule has 0 rings (SSSR count). The molecule has 0 aromatic heterocycles. The van der Waals surface area contributed by atoms with Gasteiger partial charge in [0.25, 0.3) is 0 Å². The Labute approximate surface area is 70.6 Å². The van der Waals surface area contributed by atoms with E-state index >= 15 is 0 Å². The number of nitrogens with two attached hydrogens (primary N) is 1. The Kier molecular flexibility index (Phi) is 20.1. The highest BCUT2D eigenvalue weighted by atomic mass is 35.5. The van der Waals surface area contributed by atoms with Crippen LogP contribution in [0.25, 0.3) is 0 Å². The van der Waals surface area contributed by atoms with Gasteiger partial charge in [0.05, 0.1) is 0 Å². The van der Waals surface area contributed by atoms with Crippen LogP contribution in [-0.2, 0) is 11.3 Å². The molecule has 0 saturated heterocycles. The first-order chi connectivity index (χ1) is 4.06. The van der Waals surface area contributed by atoms with E-state index in [1.807, 2.05) is 6.92 Å². The summed E-state index contributed by atoms with van der Waals surface area (Å²) in [5, 5.41) is 0. The van der Waals surface area contributed by atoms with Crippen molar-refractivity contribution in [2.24, 2.45) is 5.73 Å². The molecule has 0 saturated carbocycles. The van der Waals surface area contributed by atoms with Gasteiger partial charge >= 0.3 is 0 Å². The summed E-state index contributed by atoms with van der Waals surface area (Å²) in [6.45, 7) is 2.65. The highest BCUT2D eigenvalue weighted by Gasteiger charge is 1.78. The fraction of sp³-hybridized carbons (Fsp3) is 1.00. The van der Waals surface area contributed by atoms with Gasteiger partial charge in [0, 0.05) is 11.3 Å². The molecule has 0 heterocycles. The van der Waals surface area contributed by atoms with Crippen molar-refractivity contribution >= 4 is 23.7 Å². The third kappa shape index (κ3) is 23.9. The van der Waals surface area contributed by atoms with Crippen LogP contribution >= 0.6 is 12.4 Å². The van der Waals surface area contributed by atoms with Crippen LogP contribution in [0.2, 0.25) is 0 Å². The van der Waals surface area contributed by atoms with Crippen LogP contribution in [-0.4, -0.2) is 33.7 Å². The zero-order chi connectivity index (χ0) is 7.86. The molecule has 0 radical (unpaired) electrons. The summed E-state index contributed by atoms with van der Waals surface area (Å²) >= 11 is -2.03. The highest BCUT2D eigenvalue weighted by Crippen LogP contribution is 1.73. The summed E-state index contributed by atoms with van der Waals surface area (Å²) in [5.74, 6) is 0. The van der Waals surface area contributed by atoms with Gasteiger partial charge in [-0.15, -0.1) is 12.4 Å². The molecule has 1 unspecified atom stereocenters. The Bertz CT molecular complexity index is 81.7. The summed E-state index contributed by atoms with van der Waals surface area (Å²) in [6, 6.07) is 0. The third-order valence-electron chi connectivity index (χ3n) is 0.298. The summed E-state index contributed by atoms with van der Waals surface area (Å²) in [6.07, 6.45) is 0. The van der Waals surface area contributed by atoms with Crippen LogP contribution in [0.3, 0.4) is 0 Å². The molecule has 0 amide bonds. The molecule has 0 aromatic carbocycles. The lowest BCUT2D eigenvalue weighted by Crippen LogP contribution is -2.13. The van der Waals surface area contributed by atoms with Crippen molar-refractivity contribution in [1.29, 1.82) is 0 Å². The molecule has 66 valence electrons.